The van der Waals surface area contributed by atoms with Gasteiger partial charge in [-0.1, -0.05) is 12.1 Å². The first-order chi connectivity index (χ1) is 12.0. The quantitative estimate of drug-likeness (QED) is 0.783. The summed E-state index contributed by atoms with van der Waals surface area (Å²) in [5.41, 5.74) is 1.72. The van der Waals surface area contributed by atoms with Crippen molar-refractivity contribution in [2.45, 2.75) is 19.4 Å². The van der Waals surface area contributed by atoms with Crippen molar-refractivity contribution in [3.05, 3.63) is 48.0 Å². The van der Waals surface area contributed by atoms with E-state index in [1.165, 1.54) is 12.4 Å². The number of hydrogen-bond acceptors (Lipinski definition) is 5. The molecule has 1 saturated heterocycles. The summed E-state index contributed by atoms with van der Waals surface area (Å²) in [7, 11) is 0. The smallest absolute Gasteiger partial charge is 0.321 e. The molecule has 1 aromatic heterocycles. The van der Waals surface area contributed by atoms with Gasteiger partial charge in [-0.15, -0.1) is 0 Å². The summed E-state index contributed by atoms with van der Waals surface area (Å²) in [4.78, 5) is 33.2. The fourth-order valence-corrected chi connectivity index (χ4v) is 2.60. The van der Waals surface area contributed by atoms with Crippen LogP contribution in [0.25, 0.3) is 0 Å². The van der Waals surface area contributed by atoms with E-state index in [-0.39, 0.29) is 23.6 Å². The van der Waals surface area contributed by atoms with Gasteiger partial charge in [-0.3, -0.25) is 9.69 Å². The normalized spacial score (nSPS) is 15.4. The van der Waals surface area contributed by atoms with Crippen molar-refractivity contribution in [3.63, 3.8) is 0 Å². The fourth-order valence-electron chi connectivity index (χ4n) is 2.60. The van der Waals surface area contributed by atoms with Crippen molar-refractivity contribution < 1.29 is 14.7 Å². The van der Waals surface area contributed by atoms with Crippen LogP contribution in [0.1, 0.15) is 35.6 Å². The average molecular weight is 341 g/mol. The predicted octanol–water partition coefficient (Wildman–Crippen LogP) is 1.59. The highest BCUT2D eigenvalue weighted by Gasteiger charge is 2.19. The first-order valence-electron chi connectivity index (χ1n) is 8.02. The van der Waals surface area contributed by atoms with E-state index >= 15 is 0 Å². The molecule has 1 aliphatic heterocycles. The monoisotopic (exact) mass is 341 g/mol. The Labute approximate surface area is 144 Å². The number of amides is 3. The topological polar surface area (TPSA) is 107 Å². The summed E-state index contributed by atoms with van der Waals surface area (Å²) in [6.45, 7) is 3.24. The first-order valence-corrected chi connectivity index (χ1v) is 8.02. The summed E-state index contributed by atoms with van der Waals surface area (Å²) in [5.74, 6) is -0.528. The average Bonchev–Trinajstić information content (AvgIpc) is 2.63. The number of benzene rings is 1. The number of anilines is 1. The van der Waals surface area contributed by atoms with Crippen LogP contribution in [0.15, 0.2) is 36.7 Å². The second-order valence-corrected chi connectivity index (χ2v) is 5.79. The molecule has 2 heterocycles. The number of aromatic nitrogens is 2. The molecule has 3 rings (SSSR count). The lowest BCUT2D eigenvalue weighted by atomic mass is 10.1. The van der Waals surface area contributed by atoms with Crippen LogP contribution in [-0.4, -0.2) is 40.1 Å². The SMILES string of the molecule is CC(NC(=O)c1ncc(O)cn1)c1ccc(N2CCCNC2=O)cc1. The molecule has 0 radical (unpaired) electrons. The molecule has 130 valence electrons. The molecule has 1 fully saturated rings. The molecule has 8 heteroatoms. The predicted molar refractivity (Wildman–Crippen MR) is 91.4 cm³/mol. The van der Waals surface area contributed by atoms with Crippen LogP contribution in [0.5, 0.6) is 5.75 Å². The number of hydrogen-bond donors (Lipinski definition) is 3. The van der Waals surface area contributed by atoms with Crippen LogP contribution in [0.4, 0.5) is 10.5 Å². The minimum absolute atomic E-state index is 0.00809. The maximum absolute atomic E-state index is 12.1. The zero-order valence-electron chi connectivity index (χ0n) is 13.8. The standard InChI is InChI=1S/C17H19N5O3/c1-11(21-16(24)15-19-9-14(23)10-20-15)12-3-5-13(6-4-12)22-8-2-7-18-17(22)25/h3-6,9-11,23H,2,7-8H2,1H3,(H,18,25)(H,21,24). The molecule has 3 N–H and O–H groups in total. The van der Waals surface area contributed by atoms with Crippen molar-refractivity contribution in [2.24, 2.45) is 0 Å². The molecule has 0 bridgehead atoms. The van der Waals surface area contributed by atoms with Gasteiger partial charge in [0, 0.05) is 18.8 Å². The van der Waals surface area contributed by atoms with Gasteiger partial charge in [-0.05, 0) is 31.0 Å². The highest BCUT2D eigenvalue weighted by atomic mass is 16.3. The van der Waals surface area contributed by atoms with E-state index in [0.717, 1.165) is 17.7 Å². The Morgan fingerprint density at radius 2 is 1.96 bits per heavy atom. The van der Waals surface area contributed by atoms with Gasteiger partial charge in [-0.25, -0.2) is 14.8 Å². The second kappa shape index (κ2) is 7.16. The molecular weight excluding hydrogens is 322 g/mol. The number of rotatable bonds is 4. The second-order valence-electron chi connectivity index (χ2n) is 5.79. The minimum Gasteiger partial charge on any atom is -0.505 e. The van der Waals surface area contributed by atoms with Crippen molar-refractivity contribution in [2.75, 3.05) is 18.0 Å². The summed E-state index contributed by atoms with van der Waals surface area (Å²) in [6.07, 6.45) is 3.25. The van der Waals surface area contributed by atoms with Crippen LogP contribution in [0, 0.1) is 0 Å². The molecule has 0 spiro atoms. The molecule has 3 amide bonds. The number of carbonyl (C=O) groups is 2. The Kier molecular flexibility index (Phi) is 4.78. The minimum atomic E-state index is -0.424. The molecule has 1 atom stereocenters. The third-order valence-electron chi connectivity index (χ3n) is 3.97. The number of nitrogens with one attached hydrogen (secondary N) is 2. The zero-order valence-corrected chi connectivity index (χ0v) is 13.8. The van der Waals surface area contributed by atoms with Gasteiger partial charge < -0.3 is 15.7 Å². The maximum Gasteiger partial charge on any atom is 0.321 e. The maximum atomic E-state index is 12.1. The first kappa shape index (κ1) is 16.7. The molecule has 0 aliphatic carbocycles. The van der Waals surface area contributed by atoms with Crippen LogP contribution < -0.4 is 15.5 Å². The van der Waals surface area contributed by atoms with Crippen molar-refractivity contribution in [1.82, 2.24) is 20.6 Å². The summed E-state index contributed by atoms with van der Waals surface area (Å²) < 4.78 is 0. The Balaban J connectivity index is 1.66. The van der Waals surface area contributed by atoms with Crippen LogP contribution in [0.2, 0.25) is 0 Å². The number of nitrogens with zero attached hydrogens (tertiary/aromatic N) is 3. The van der Waals surface area contributed by atoms with Crippen molar-refractivity contribution in [3.8, 4) is 5.75 Å². The van der Waals surface area contributed by atoms with Crippen LogP contribution in [-0.2, 0) is 0 Å². The van der Waals surface area contributed by atoms with Gasteiger partial charge >= 0.3 is 6.03 Å². The Morgan fingerprint density at radius 1 is 1.28 bits per heavy atom. The molecule has 1 aliphatic rings. The highest BCUT2D eigenvalue weighted by molar-refractivity contribution is 5.92. The molecular formula is C17H19N5O3. The Bertz CT molecular complexity index is 761. The molecule has 0 saturated carbocycles. The van der Waals surface area contributed by atoms with E-state index in [0.29, 0.717) is 13.1 Å². The number of aromatic hydroxyl groups is 1. The van der Waals surface area contributed by atoms with Crippen LogP contribution in [0.3, 0.4) is 0 Å². The van der Waals surface area contributed by atoms with E-state index in [1.807, 2.05) is 31.2 Å². The third-order valence-corrected chi connectivity index (χ3v) is 3.97. The van der Waals surface area contributed by atoms with Gasteiger partial charge in [-0.2, -0.15) is 0 Å². The zero-order chi connectivity index (χ0) is 17.8. The van der Waals surface area contributed by atoms with Crippen LogP contribution >= 0.6 is 0 Å². The highest BCUT2D eigenvalue weighted by Crippen LogP contribution is 2.21. The number of urea groups is 1. The molecule has 1 unspecified atom stereocenters. The summed E-state index contributed by atoms with van der Waals surface area (Å²) >= 11 is 0. The van der Waals surface area contributed by atoms with Gasteiger partial charge in [0.15, 0.2) is 5.75 Å². The van der Waals surface area contributed by atoms with E-state index in [9.17, 15) is 9.59 Å². The molecule has 25 heavy (non-hydrogen) atoms. The van der Waals surface area contributed by atoms with E-state index < -0.39 is 5.91 Å². The Hall–Kier alpha value is -3.16. The van der Waals surface area contributed by atoms with Crippen molar-refractivity contribution in [1.29, 1.82) is 0 Å². The third kappa shape index (κ3) is 3.85. The van der Waals surface area contributed by atoms with E-state index in [2.05, 4.69) is 20.6 Å². The largest absolute Gasteiger partial charge is 0.505 e. The summed E-state index contributed by atoms with van der Waals surface area (Å²) in [6, 6.07) is 7.12. The lowest BCUT2D eigenvalue weighted by Crippen LogP contribution is -2.46. The molecule has 1 aromatic carbocycles. The fraction of sp³-hybridized carbons (Fsp3) is 0.294. The van der Waals surface area contributed by atoms with E-state index in [1.54, 1.807) is 4.90 Å². The van der Waals surface area contributed by atoms with E-state index in [4.69, 9.17) is 5.11 Å². The lowest BCUT2D eigenvalue weighted by Gasteiger charge is -2.27. The molecule has 2 aromatic rings. The lowest BCUT2D eigenvalue weighted by molar-refractivity contribution is 0.0929. The van der Waals surface area contributed by atoms with Gasteiger partial charge in [0.1, 0.15) is 0 Å². The van der Waals surface area contributed by atoms with Gasteiger partial charge in [0.2, 0.25) is 5.82 Å². The van der Waals surface area contributed by atoms with Crippen molar-refractivity contribution >= 4 is 17.6 Å². The number of carbonyl (C=O) groups excluding carboxylic acids is 2. The molecule has 8 nitrogen and oxygen atoms in total. The summed E-state index contributed by atoms with van der Waals surface area (Å²) in [5, 5.41) is 14.8. The van der Waals surface area contributed by atoms with Gasteiger partial charge in [0.05, 0.1) is 18.4 Å². The Morgan fingerprint density at radius 3 is 2.60 bits per heavy atom. The van der Waals surface area contributed by atoms with Gasteiger partial charge in [0.25, 0.3) is 5.91 Å².